The van der Waals surface area contributed by atoms with Crippen LogP contribution in [0.15, 0.2) is 16.9 Å². The molecule has 0 fully saturated rings. The Balaban J connectivity index is 2.69. The van der Waals surface area contributed by atoms with Crippen molar-refractivity contribution in [2.75, 3.05) is 0 Å². The van der Waals surface area contributed by atoms with Gasteiger partial charge in [0.05, 0.1) is 19.3 Å². The summed E-state index contributed by atoms with van der Waals surface area (Å²) in [7, 11) is 0.991. The van der Waals surface area contributed by atoms with Gasteiger partial charge in [-0.2, -0.15) is 17.9 Å². The third-order valence-electron chi connectivity index (χ3n) is 2.45. The number of aromatic nitrogens is 3. The molecule has 0 N–H and O–H groups in total. The summed E-state index contributed by atoms with van der Waals surface area (Å²) in [5.41, 5.74) is -0.873. The smallest absolute Gasteiger partial charge is 0.274 e. The first-order valence-electron chi connectivity index (χ1n) is 5.01. The molecule has 0 unspecified atom stereocenters. The van der Waals surface area contributed by atoms with Crippen molar-refractivity contribution in [2.45, 2.75) is 6.18 Å². The molecule has 0 aliphatic carbocycles. The predicted octanol–water partition coefficient (Wildman–Crippen LogP) is 3.50. The van der Waals surface area contributed by atoms with E-state index >= 15 is 0 Å². The zero-order valence-corrected chi connectivity index (χ0v) is 13.3. The standard InChI is InChI=1S/C10H5Cl2F3IN3O/c1-18-8(10(13,14)15)17-19(9(18)20)4-2-5(11)7(16)6(12)3-4/h2-3H,1H3. The second kappa shape index (κ2) is 5.23. The Bertz CT molecular complexity index is 715. The van der Waals surface area contributed by atoms with Crippen molar-refractivity contribution in [2.24, 2.45) is 7.05 Å². The van der Waals surface area contributed by atoms with Crippen LogP contribution < -0.4 is 5.69 Å². The number of rotatable bonds is 1. The molecule has 1 aromatic heterocycles. The van der Waals surface area contributed by atoms with E-state index in [1.54, 1.807) is 0 Å². The van der Waals surface area contributed by atoms with Gasteiger partial charge in [0.25, 0.3) is 0 Å². The van der Waals surface area contributed by atoms with E-state index in [1.165, 1.54) is 12.1 Å². The SMILES string of the molecule is Cn1c(C(F)(F)F)nn(-c2cc(Cl)c(I)c(Cl)c2)c1=O. The van der Waals surface area contributed by atoms with E-state index < -0.39 is 17.7 Å². The summed E-state index contributed by atoms with van der Waals surface area (Å²) in [4.78, 5) is 11.8. The third kappa shape index (κ3) is 2.68. The Labute approximate surface area is 134 Å². The molecule has 10 heteroatoms. The largest absolute Gasteiger partial charge is 0.451 e. The minimum absolute atomic E-state index is 0.0662. The van der Waals surface area contributed by atoms with Gasteiger partial charge in [-0.3, -0.25) is 4.57 Å². The summed E-state index contributed by atoms with van der Waals surface area (Å²) in [5.74, 6) is -1.30. The van der Waals surface area contributed by atoms with E-state index in [0.29, 0.717) is 12.8 Å². The number of alkyl halides is 3. The van der Waals surface area contributed by atoms with Crippen LogP contribution >= 0.6 is 45.8 Å². The molecule has 0 aliphatic rings. The van der Waals surface area contributed by atoms with Crippen molar-refractivity contribution in [1.82, 2.24) is 14.3 Å². The lowest BCUT2D eigenvalue weighted by Gasteiger charge is -2.04. The molecule has 0 saturated carbocycles. The summed E-state index contributed by atoms with van der Waals surface area (Å²) in [6, 6.07) is 2.65. The van der Waals surface area contributed by atoms with Crippen molar-refractivity contribution in [3.63, 3.8) is 0 Å². The molecule has 0 saturated heterocycles. The summed E-state index contributed by atoms with van der Waals surface area (Å²) < 4.78 is 39.6. The van der Waals surface area contributed by atoms with E-state index in [1.807, 2.05) is 22.6 Å². The molecule has 2 aromatic rings. The number of halogens is 6. The maximum absolute atomic E-state index is 12.7. The molecule has 0 spiro atoms. The minimum atomic E-state index is -4.73. The Morgan fingerprint density at radius 2 is 1.75 bits per heavy atom. The molecule has 0 radical (unpaired) electrons. The highest BCUT2D eigenvalue weighted by atomic mass is 127. The van der Waals surface area contributed by atoms with Crippen LogP contribution in [0.5, 0.6) is 0 Å². The molecule has 0 aliphatic heterocycles. The average Bonchev–Trinajstić information content (AvgIpc) is 2.62. The van der Waals surface area contributed by atoms with Gasteiger partial charge in [0.15, 0.2) is 0 Å². The summed E-state index contributed by atoms with van der Waals surface area (Å²) >= 11 is 13.7. The lowest BCUT2D eigenvalue weighted by Crippen LogP contribution is -2.23. The van der Waals surface area contributed by atoms with Gasteiger partial charge in [0, 0.05) is 7.05 Å². The van der Waals surface area contributed by atoms with Crippen LogP contribution in [0.3, 0.4) is 0 Å². The quantitative estimate of drug-likeness (QED) is 0.506. The lowest BCUT2D eigenvalue weighted by atomic mass is 10.3. The Hall–Kier alpha value is -0.740. The molecule has 0 bridgehead atoms. The van der Waals surface area contributed by atoms with E-state index in [0.717, 1.165) is 7.05 Å². The van der Waals surface area contributed by atoms with E-state index in [-0.39, 0.29) is 15.7 Å². The average molecular weight is 438 g/mol. The van der Waals surface area contributed by atoms with Gasteiger partial charge in [0.2, 0.25) is 5.82 Å². The Morgan fingerprint density at radius 1 is 1.25 bits per heavy atom. The summed E-state index contributed by atoms with van der Waals surface area (Å²) in [6.07, 6.45) is -4.73. The van der Waals surface area contributed by atoms with E-state index in [2.05, 4.69) is 5.10 Å². The maximum Gasteiger partial charge on any atom is 0.451 e. The van der Waals surface area contributed by atoms with Crippen molar-refractivity contribution in [1.29, 1.82) is 0 Å². The molecule has 108 valence electrons. The minimum Gasteiger partial charge on any atom is -0.274 e. The topological polar surface area (TPSA) is 39.8 Å². The first-order valence-corrected chi connectivity index (χ1v) is 6.84. The van der Waals surface area contributed by atoms with Crippen molar-refractivity contribution < 1.29 is 13.2 Å². The zero-order chi connectivity index (χ0) is 15.2. The molecule has 4 nitrogen and oxygen atoms in total. The van der Waals surface area contributed by atoms with Crippen LogP contribution in [-0.4, -0.2) is 14.3 Å². The summed E-state index contributed by atoms with van der Waals surface area (Å²) in [5, 5.41) is 3.73. The highest BCUT2D eigenvalue weighted by Crippen LogP contribution is 2.30. The number of hydrogen-bond acceptors (Lipinski definition) is 2. The normalized spacial score (nSPS) is 11.9. The first kappa shape index (κ1) is 15.6. The fourth-order valence-corrected chi connectivity index (χ4v) is 2.30. The molecular formula is C10H5Cl2F3IN3O. The van der Waals surface area contributed by atoms with E-state index in [9.17, 15) is 18.0 Å². The van der Waals surface area contributed by atoms with Crippen molar-refractivity contribution in [3.8, 4) is 5.69 Å². The fourth-order valence-electron chi connectivity index (χ4n) is 1.52. The van der Waals surface area contributed by atoms with Crippen molar-refractivity contribution in [3.05, 3.63) is 42.1 Å². The lowest BCUT2D eigenvalue weighted by molar-refractivity contribution is -0.147. The summed E-state index contributed by atoms with van der Waals surface area (Å²) in [6.45, 7) is 0. The highest BCUT2D eigenvalue weighted by molar-refractivity contribution is 14.1. The molecule has 1 aromatic carbocycles. The van der Waals surface area contributed by atoms with Gasteiger partial charge in [-0.15, -0.1) is 5.10 Å². The van der Waals surface area contributed by atoms with Gasteiger partial charge in [0.1, 0.15) is 0 Å². The van der Waals surface area contributed by atoms with Crippen LogP contribution in [0.1, 0.15) is 5.82 Å². The number of benzene rings is 1. The molecule has 20 heavy (non-hydrogen) atoms. The Morgan fingerprint density at radius 3 is 2.15 bits per heavy atom. The number of hydrogen-bond donors (Lipinski definition) is 0. The van der Waals surface area contributed by atoms with Gasteiger partial charge in [-0.05, 0) is 34.7 Å². The van der Waals surface area contributed by atoms with Crippen LogP contribution in [0, 0.1) is 3.57 Å². The second-order valence-corrected chi connectivity index (χ2v) is 5.69. The van der Waals surface area contributed by atoms with Crippen LogP contribution in [0.2, 0.25) is 10.0 Å². The van der Waals surface area contributed by atoms with Crippen LogP contribution in [0.4, 0.5) is 13.2 Å². The fraction of sp³-hybridized carbons (Fsp3) is 0.200. The third-order valence-corrected chi connectivity index (χ3v) is 4.84. The van der Waals surface area contributed by atoms with E-state index in [4.69, 9.17) is 23.2 Å². The van der Waals surface area contributed by atoms with Gasteiger partial charge in [-0.1, -0.05) is 23.2 Å². The van der Waals surface area contributed by atoms with Gasteiger partial charge in [-0.25, -0.2) is 4.79 Å². The van der Waals surface area contributed by atoms with Crippen molar-refractivity contribution >= 4 is 45.8 Å². The molecule has 0 amide bonds. The first-order chi connectivity index (χ1) is 9.12. The maximum atomic E-state index is 12.7. The molecule has 2 rings (SSSR count). The highest BCUT2D eigenvalue weighted by Gasteiger charge is 2.38. The van der Waals surface area contributed by atoms with Gasteiger partial charge < -0.3 is 0 Å². The monoisotopic (exact) mass is 437 g/mol. The molecular weight excluding hydrogens is 433 g/mol. The predicted molar refractivity (Wildman–Crippen MR) is 76.5 cm³/mol. The molecule has 1 heterocycles. The second-order valence-electron chi connectivity index (χ2n) is 3.80. The molecule has 0 atom stereocenters. The zero-order valence-electron chi connectivity index (χ0n) is 9.67. The van der Waals surface area contributed by atoms with Crippen LogP contribution in [-0.2, 0) is 13.2 Å². The number of nitrogens with zero attached hydrogens (tertiary/aromatic N) is 3. The van der Waals surface area contributed by atoms with Gasteiger partial charge >= 0.3 is 11.9 Å². The van der Waals surface area contributed by atoms with Crippen LogP contribution in [0.25, 0.3) is 5.69 Å². The Kier molecular flexibility index (Phi) is 4.09.